The first kappa shape index (κ1) is 16.9. The number of carbonyl (C=O) groups excluding carboxylic acids is 1. The van der Waals surface area contributed by atoms with E-state index in [0.717, 1.165) is 19.3 Å². The largest absolute Gasteiger partial charge is 0.481 e. The van der Waals surface area contributed by atoms with E-state index >= 15 is 0 Å². The average Bonchev–Trinajstić information content (AvgIpc) is 2.24. The van der Waals surface area contributed by atoms with Gasteiger partial charge in [-0.25, -0.2) is 0 Å². The van der Waals surface area contributed by atoms with E-state index in [2.05, 4.69) is 5.32 Å². The maximum atomic E-state index is 11.7. The standard InChI is InChI=1S/C13H26N2O3/c1-13(2,3)11(14)12(18)15-9-7-5-4-6-8-10(16)17/h11H,4-9,14H2,1-3H3,(H,15,18)(H,16,17). The zero-order valence-corrected chi connectivity index (χ0v) is 11.7. The number of aliphatic carboxylic acids is 1. The van der Waals surface area contributed by atoms with Crippen LogP contribution in [0.4, 0.5) is 0 Å². The summed E-state index contributed by atoms with van der Waals surface area (Å²) in [5.41, 5.74) is 5.58. The molecule has 5 heteroatoms. The highest BCUT2D eigenvalue weighted by Gasteiger charge is 2.26. The molecule has 0 rings (SSSR count). The number of hydrogen-bond donors (Lipinski definition) is 3. The van der Waals surface area contributed by atoms with Gasteiger partial charge in [-0.15, -0.1) is 0 Å². The van der Waals surface area contributed by atoms with Crippen LogP contribution in [0, 0.1) is 5.41 Å². The Kier molecular flexibility index (Phi) is 7.59. The maximum absolute atomic E-state index is 11.7. The van der Waals surface area contributed by atoms with Crippen molar-refractivity contribution in [3.63, 3.8) is 0 Å². The fourth-order valence-corrected chi connectivity index (χ4v) is 1.47. The van der Waals surface area contributed by atoms with Gasteiger partial charge in [0.25, 0.3) is 0 Å². The molecule has 0 radical (unpaired) electrons. The van der Waals surface area contributed by atoms with Crippen molar-refractivity contribution in [1.29, 1.82) is 0 Å². The normalized spacial score (nSPS) is 13.1. The fourth-order valence-electron chi connectivity index (χ4n) is 1.47. The van der Waals surface area contributed by atoms with Gasteiger partial charge < -0.3 is 16.2 Å². The van der Waals surface area contributed by atoms with Crippen molar-refractivity contribution in [3.8, 4) is 0 Å². The van der Waals surface area contributed by atoms with Crippen LogP contribution in [-0.2, 0) is 9.59 Å². The molecule has 0 heterocycles. The Bertz CT molecular complexity index is 272. The number of carboxylic acid groups (broad SMARTS) is 1. The summed E-state index contributed by atoms with van der Waals surface area (Å²) < 4.78 is 0. The van der Waals surface area contributed by atoms with E-state index < -0.39 is 12.0 Å². The Hall–Kier alpha value is -1.10. The second kappa shape index (κ2) is 8.08. The molecule has 0 bridgehead atoms. The number of amides is 1. The second-order valence-electron chi connectivity index (χ2n) is 5.69. The number of nitrogens with two attached hydrogens (primary N) is 1. The van der Waals surface area contributed by atoms with Gasteiger partial charge in [0, 0.05) is 13.0 Å². The Labute approximate surface area is 109 Å². The van der Waals surface area contributed by atoms with Gasteiger partial charge in [-0.05, 0) is 18.3 Å². The zero-order chi connectivity index (χ0) is 14.2. The van der Waals surface area contributed by atoms with E-state index in [9.17, 15) is 9.59 Å². The quantitative estimate of drug-likeness (QED) is 0.575. The van der Waals surface area contributed by atoms with Crippen LogP contribution in [0.5, 0.6) is 0 Å². The Morgan fingerprint density at radius 1 is 1.17 bits per heavy atom. The molecule has 0 aromatic carbocycles. The summed E-state index contributed by atoms with van der Waals surface area (Å²) in [6.45, 7) is 6.41. The van der Waals surface area contributed by atoms with Crippen molar-refractivity contribution in [2.45, 2.75) is 58.9 Å². The Morgan fingerprint density at radius 2 is 1.72 bits per heavy atom. The second-order valence-corrected chi connectivity index (χ2v) is 5.69. The van der Waals surface area contributed by atoms with E-state index in [1.54, 1.807) is 0 Å². The molecule has 0 fully saturated rings. The molecule has 0 aromatic rings. The lowest BCUT2D eigenvalue weighted by Crippen LogP contribution is -2.48. The predicted octanol–water partition coefficient (Wildman–Crippen LogP) is 1.51. The molecular weight excluding hydrogens is 232 g/mol. The smallest absolute Gasteiger partial charge is 0.303 e. The lowest BCUT2D eigenvalue weighted by molar-refractivity contribution is -0.137. The molecule has 4 N–H and O–H groups in total. The number of nitrogens with one attached hydrogen (secondary N) is 1. The number of hydrogen-bond acceptors (Lipinski definition) is 3. The molecule has 0 aliphatic carbocycles. The van der Waals surface area contributed by atoms with Gasteiger partial charge in [0.1, 0.15) is 0 Å². The van der Waals surface area contributed by atoms with Crippen LogP contribution in [-0.4, -0.2) is 29.6 Å². The predicted molar refractivity (Wildman–Crippen MR) is 71.2 cm³/mol. The summed E-state index contributed by atoms with van der Waals surface area (Å²) >= 11 is 0. The zero-order valence-electron chi connectivity index (χ0n) is 11.7. The number of unbranched alkanes of at least 4 members (excludes halogenated alkanes) is 3. The molecule has 0 aromatic heterocycles. The molecule has 106 valence electrons. The molecule has 0 saturated carbocycles. The van der Waals surface area contributed by atoms with E-state index in [1.807, 2.05) is 20.8 Å². The highest BCUT2D eigenvalue weighted by atomic mass is 16.4. The third kappa shape index (κ3) is 8.06. The van der Waals surface area contributed by atoms with Gasteiger partial charge in [0.05, 0.1) is 6.04 Å². The molecule has 0 aliphatic heterocycles. The van der Waals surface area contributed by atoms with Gasteiger partial charge >= 0.3 is 5.97 Å². The van der Waals surface area contributed by atoms with Crippen LogP contribution in [0.15, 0.2) is 0 Å². The molecule has 0 spiro atoms. The third-order valence-corrected chi connectivity index (χ3v) is 2.83. The van der Waals surface area contributed by atoms with Gasteiger partial charge in [-0.3, -0.25) is 9.59 Å². The maximum Gasteiger partial charge on any atom is 0.303 e. The summed E-state index contributed by atoms with van der Waals surface area (Å²) in [7, 11) is 0. The van der Waals surface area contributed by atoms with E-state index in [1.165, 1.54) is 0 Å². The monoisotopic (exact) mass is 258 g/mol. The van der Waals surface area contributed by atoms with Crippen molar-refractivity contribution < 1.29 is 14.7 Å². The van der Waals surface area contributed by atoms with Crippen LogP contribution < -0.4 is 11.1 Å². The molecule has 18 heavy (non-hydrogen) atoms. The lowest BCUT2D eigenvalue weighted by Gasteiger charge is -2.25. The summed E-state index contributed by atoms with van der Waals surface area (Å²) in [6.07, 6.45) is 3.60. The minimum absolute atomic E-state index is 0.118. The molecule has 5 nitrogen and oxygen atoms in total. The Morgan fingerprint density at radius 3 is 2.22 bits per heavy atom. The van der Waals surface area contributed by atoms with Crippen molar-refractivity contribution in [2.75, 3.05) is 6.54 Å². The molecule has 1 atom stereocenters. The van der Waals surface area contributed by atoms with Crippen LogP contribution in [0.1, 0.15) is 52.9 Å². The first-order valence-electron chi connectivity index (χ1n) is 6.50. The fraction of sp³-hybridized carbons (Fsp3) is 0.846. The third-order valence-electron chi connectivity index (χ3n) is 2.83. The van der Waals surface area contributed by atoms with Crippen molar-refractivity contribution in [3.05, 3.63) is 0 Å². The average molecular weight is 258 g/mol. The minimum atomic E-state index is -0.751. The van der Waals surface area contributed by atoms with Gasteiger partial charge in [0.2, 0.25) is 5.91 Å². The molecule has 0 saturated heterocycles. The first-order chi connectivity index (χ1) is 8.25. The summed E-state index contributed by atoms with van der Waals surface area (Å²) in [6, 6.07) is -0.496. The highest BCUT2D eigenvalue weighted by molar-refractivity contribution is 5.82. The van der Waals surface area contributed by atoms with Crippen LogP contribution in [0.2, 0.25) is 0 Å². The number of carbonyl (C=O) groups is 2. The molecular formula is C13H26N2O3. The van der Waals surface area contributed by atoms with Crippen molar-refractivity contribution >= 4 is 11.9 Å². The summed E-state index contributed by atoms with van der Waals surface area (Å²) in [5, 5.41) is 11.3. The SMILES string of the molecule is CC(C)(C)C(N)C(=O)NCCCCCCC(=O)O. The minimum Gasteiger partial charge on any atom is -0.481 e. The lowest BCUT2D eigenvalue weighted by atomic mass is 9.87. The first-order valence-corrected chi connectivity index (χ1v) is 6.50. The van der Waals surface area contributed by atoms with Crippen molar-refractivity contribution in [1.82, 2.24) is 5.32 Å². The van der Waals surface area contributed by atoms with Crippen LogP contribution in [0.3, 0.4) is 0 Å². The Balaban J connectivity index is 3.55. The summed E-state index contributed by atoms with van der Waals surface area (Å²) in [5.74, 6) is -0.868. The van der Waals surface area contributed by atoms with Crippen LogP contribution in [0.25, 0.3) is 0 Å². The van der Waals surface area contributed by atoms with Gasteiger partial charge in [0.15, 0.2) is 0 Å². The topological polar surface area (TPSA) is 92.4 Å². The molecule has 1 unspecified atom stereocenters. The van der Waals surface area contributed by atoms with E-state index in [0.29, 0.717) is 13.0 Å². The number of carboxylic acids is 1. The van der Waals surface area contributed by atoms with Gasteiger partial charge in [-0.2, -0.15) is 0 Å². The van der Waals surface area contributed by atoms with Gasteiger partial charge in [-0.1, -0.05) is 33.6 Å². The van der Waals surface area contributed by atoms with Crippen molar-refractivity contribution in [2.24, 2.45) is 11.1 Å². The summed E-state index contributed by atoms with van der Waals surface area (Å²) in [4.78, 5) is 21.9. The molecule has 1 amide bonds. The molecule has 0 aliphatic rings. The highest BCUT2D eigenvalue weighted by Crippen LogP contribution is 2.17. The number of rotatable bonds is 8. The van der Waals surface area contributed by atoms with E-state index in [4.69, 9.17) is 10.8 Å². The van der Waals surface area contributed by atoms with E-state index in [-0.39, 0.29) is 17.7 Å². The van der Waals surface area contributed by atoms with Crippen LogP contribution >= 0.6 is 0 Å².